The molecule has 5 rings (SSSR count). The number of guanidine groups is 1. The summed E-state index contributed by atoms with van der Waals surface area (Å²) in [5, 5.41) is 7.72. The molecular weight excluding hydrogens is 500 g/mol. The number of ether oxygens (including phenoxy) is 1. The Bertz CT molecular complexity index is 1570. The highest BCUT2D eigenvalue weighted by Crippen LogP contribution is 2.24. The molecule has 0 aliphatic heterocycles. The first-order valence-corrected chi connectivity index (χ1v) is 13.1. The summed E-state index contributed by atoms with van der Waals surface area (Å²) in [6, 6.07) is 15.6. The first kappa shape index (κ1) is 25.3. The van der Waals surface area contributed by atoms with Crippen LogP contribution in [0.2, 0.25) is 0 Å². The summed E-state index contributed by atoms with van der Waals surface area (Å²) in [6.07, 6.45) is 2.64. The summed E-state index contributed by atoms with van der Waals surface area (Å²) < 4.78 is 5.37. The van der Waals surface area contributed by atoms with Crippen molar-refractivity contribution >= 4 is 51.5 Å². The maximum Gasteiger partial charge on any atom is 0.237 e. The molecule has 194 valence electrons. The zero-order valence-corrected chi connectivity index (χ0v) is 22.1. The van der Waals surface area contributed by atoms with Crippen molar-refractivity contribution in [2.45, 2.75) is 25.4 Å². The molecule has 2 aromatic carbocycles. The number of anilines is 1. The predicted molar refractivity (Wildman–Crippen MR) is 151 cm³/mol. The number of thioether (sulfide) groups is 1. The number of hydrogen-bond acceptors (Lipinski definition) is 7. The maximum absolute atomic E-state index is 12.8. The van der Waals surface area contributed by atoms with Gasteiger partial charge in [0.2, 0.25) is 17.8 Å². The minimum absolute atomic E-state index is 0.163. The van der Waals surface area contributed by atoms with Crippen molar-refractivity contribution in [2.24, 2.45) is 4.99 Å². The molecule has 38 heavy (non-hydrogen) atoms. The number of carbonyl (C=O) groups is 1. The lowest BCUT2D eigenvalue weighted by Crippen LogP contribution is -2.38. The average Bonchev–Trinajstić information content (AvgIpc) is 3.50. The number of fused-ring (bicyclic) bond motifs is 2. The van der Waals surface area contributed by atoms with Crippen LogP contribution < -0.4 is 15.4 Å². The van der Waals surface area contributed by atoms with Crippen LogP contribution in [0.3, 0.4) is 0 Å². The molecule has 3 aromatic heterocycles. The van der Waals surface area contributed by atoms with E-state index >= 15 is 0 Å². The Morgan fingerprint density at radius 3 is 2.66 bits per heavy atom. The number of hydrogen-bond donors (Lipinski definition) is 4. The molecule has 0 unspecified atom stereocenters. The highest BCUT2D eigenvalue weighted by atomic mass is 32.2. The van der Waals surface area contributed by atoms with Gasteiger partial charge in [0, 0.05) is 35.0 Å². The number of benzene rings is 2. The minimum Gasteiger partial charge on any atom is -0.497 e. The Labute approximate surface area is 223 Å². The molecule has 0 saturated carbocycles. The second-order valence-corrected chi connectivity index (χ2v) is 9.67. The SMILES string of the molecule is COc1ccc2[nH]cc(CCN=C(NC(=O)CSc3nc4ccccc4[nH]3)Nc3nc(C)cc(C)n3)c2c1. The Balaban J connectivity index is 1.29. The van der Waals surface area contributed by atoms with Crippen LogP contribution in [0.25, 0.3) is 21.9 Å². The molecule has 0 spiro atoms. The molecule has 0 atom stereocenters. The molecule has 0 radical (unpaired) electrons. The molecule has 5 aromatic rings. The standard InChI is InChI=1S/C27H28N8O2S/c1-16-12-17(2)31-26(30-16)35-25(28-11-10-18-14-29-21-9-8-19(37-3)13-20(18)21)34-24(36)15-38-27-32-22-6-4-5-7-23(22)33-27/h4-9,12-14,29H,10-11,15H2,1-3H3,(H,32,33)(H2,28,30,31,34,35,36). The largest absolute Gasteiger partial charge is 0.497 e. The fourth-order valence-corrected chi connectivity index (χ4v) is 4.76. The molecule has 0 saturated heterocycles. The van der Waals surface area contributed by atoms with Crippen LogP contribution in [0, 0.1) is 13.8 Å². The third-order valence-electron chi connectivity index (χ3n) is 5.80. The molecule has 4 N–H and O–H groups in total. The van der Waals surface area contributed by atoms with Crippen molar-refractivity contribution in [1.82, 2.24) is 30.2 Å². The van der Waals surface area contributed by atoms with E-state index < -0.39 is 0 Å². The summed E-state index contributed by atoms with van der Waals surface area (Å²) in [4.78, 5) is 37.4. The van der Waals surface area contributed by atoms with Gasteiger partial charge in [-0.1, -0.05) is 23.9 Å². The highest BCUT2D eigenvalue weighted by Gasteiger charge is 2.12. The van der Waals surface area contributed by atoms with Gasteiger partial charge in [-0.15, -0.1) is 0 Å². The number of imidazole rings is 1. The number of nitrogens with zero attached hydrogens (tertiary/aromatic N) is 4. The van der Waals surface area contributed by atoms with E-state index in [1.807, 2.05) is 68.6 Å². The lowest BCUT2D eigenvalue weighted by Gasteiger charge is -2.11. The summed E-state index contributed by atoms with van der Waals surface area (Å²) in [7, 11) is 1.65. The van der Waals surface area contributed by atoms with Crippen molar-refractivity contribution < 1.29 is 9.53 Å². The number of carbonyl (C=O) groups excluding carboxylic acids is 1. The Kier molecular flexibility index (Phi) is 7.55. The second kappa shape index (κ2) is 11.3. The third-order valence-corrected chi connectivity index (χ3v) is 6.68. The fraction of sp³-hybridized carbons (Fsp3) is 0.222. The van der Waals surface area contributed by atoms with Crippen LogP contribution in [-0.2, 0) is 11.2 Å². The maximum atomic E-state index is 12.8. The normalized spacial score (nSPS) is 11.7. The van der Waals surface area contributed by atoms with E-state index in [1.165, 1.54) is 11.8 Å². The van der Waals surface area contributed by atoms with Crippen LogP contribution in [0.1, 0.15) is 17.0 Å². The van der Waals surface area contributed by atoms with Gasteiger partial charge in [0.1, 0.15) is 5.75 Å². The Morgan fingerprint density at radius 1 is 1.05 bits per heavy atom. The van der Waals surface area contributed by atoms with Gasteiger partial charge in [-0.25, -0.2) is 15.0 Å². The van der Waals surface area contributed by atoms with Crippen molar-refractivity contribution in [3.05, 3.63) is 71.7 Å². The number of methoxy groups -OCH3 is 1. The molecule has 11 heteroatoms. The van der Waals surface area contributed by atoms with Crippen molar-refractivity contribution in [2.75, 3.05) is 24.7 Å². The quantitative estimate of drug-likeness (QED) is 0.133. The molecule has 0 aliphatic carbocycles. The lowest BCUT2D eigenvalue weighted by molar-refractivity contribution is -0.117. The third kappa shape index (κ3) is 6.12. The van der Waals surface area contributed by atoms with Gasteiger partial charge in [0.05, 0.1) is 23.9 Å². The van der Waals surface area contributed by atoms with Crippen LogP contribution in [0.5, 0.6) is 5.75 Å². The number of H-pyrrole nitrogens is 2. The minimum atomic E-state index is -0.220. The van der Waals surface area contributed by atoms with Gasteiger partial charge < -0.3 is 14.7 Å². The van der Waals surface area contributed by atoms with Crippen LogP contribution in [0.15, 0.2) is 64.9 Å². The van der Waals surface area contributed by atoms with Crippen molar-refractivity contribution in [3.8, 4) is 5.75 Å². The smallest absolute Gasteiger partial charge is 0.237 e. The zero-order chi connectivity index (χ0) is 26.5. The summed E-state index contributed by atoms with van der Waals surface area (Å²) in [6.45, 7) is 4.23. The number of amides is 1. The van der Waals surface area contributed by atoms with E-state index in [2.05, 4.69) is 40.5 Å². The molecule has 10 nitrogen and oxygen atoms in total. The first-order valence-electron chi connectivity index (χ1n) is 12.1. The molecular formula is C27H28N8O2S. The number of aryl methyl sites for hydroxylation is 2. The number of aliphatic imine (C=N–C) groups is 1. The predicted octanol–water partition coefficient (Wildman–Crippen LogP) is 4.38. The van der Waals surface area contributed by atoms with Gasteiger partial charge in [0.15, 0.2) is 5.16 Å². The average molecular weight is 529 g/mol. The Morgan fingerprint density at radius 2 is 1.87 bits per heavy atom. The van der Waals surface area contributed by atoms with E-state index in [-0.39, 0.29) is 11.7 Å². The molecule has 0 bridgehead atoms. The molecule has 0 aliphatic rings. The van der Waals surface area contributed by atoms with Crippen LogP contribution in [-0.4, -0.2) is 56.2 Å². The Hall–Kier alpha value is -4.38. The topological polar surface area (TPSA) is 133 Å². The van der Waals surface area contributed by atoms with Crippen LogP contribution in [0.4, 0.5) is 5.95 Å². The van der Waals surface area contributed by atoms with Crippen LogP contribution >= 0.6 is 11.8 Å². The molecule has 1 amide bonds. The number of aromatic amines is 2. The van der Waals surface area contributed by atoms with E-state index in [9.17, 15) is 4.79 Å². The van der Waals surface area contributed by atoms with Gasteiger partial charge in [-0.2, -0.15) is 0 Å². The van der Waals surface area contributed by atoms with Crippen molar-refractivity contribution in [1.29, 1.82) is 0 Å². The molecule has 0 fully saturated rings. The second-order valence-electron chi connectivity index (χ2n) is 8.70. The number of para-hydroxylation sites is 2. The van der Waals surface area contributed by atoms with Gasteiger partial charge >= 0.3 is 0 Å². The fourth-order valence-electron chi connectivity index (χ4n) is 4.08. The van der Waals surface area contributed by atoms with Gasteiger partial charge in [0.25, 0.3) is 0 Å². The van der Waals surface area contributed by atoms with E-state index in [0.717, 1.165) is 44.6 Å². The number of nitrogens with one attached hydrogen (secondary N) is 4. The number of aromatic nitrogens is 5. The summed E-state index contributed by atoms with van der Waals surface area (Å²) in [5.41, 5.74) is 5.57. The highest BCUT2D eigenvalue weighted by molar-refractivity contribution is 7.99. The van der Waals surface area contributed by atoms with Gasteiger partial charge in [-0.05, 0) is 62.2 Å². The van der Waals surface area contributed by atoms with Crippen molar-refractivity contribution in [3.63, 3.8) is 0 Å². The summed E-state index contributed by atoms with van der Waals surface area (Å²) in [5.74, 6) is 1.41. The van der Waals surface area contributed by atoms with E-state index in [0.29, 0.717) is 30.0 Å². The van der Waals surface area contributed by atoms with E-state index in [4.69, 9.17) is 4.74 Å². The first-order chi connectivity index (χ1) is 18.5. The molecule has 3 heterocycles. The monoisotopic (exact) mass is 528 g/mol. The lowest BCUT2D eigenvalue weighted by atomic mass is 10.1. The van der Waals surface area contributed by atoms with Gasteiger partial charge in [-0.3, -0.25) is 20.4 Å². The van der Waals surface area contributed by atoms with E-state index in [1.54, 1.807) is 7.11 Å². The summed E-state index contributed by atoms with van der Waals surface area (Å²) >= 11 is 1.33. The zero-order valence-electron chi connectivity index (χ0n) is 21.3. The number of rotatable bonds is 8.